The van der Waals surface area contributed by atoms with E-state index in [2.05, 4.69) is 32.9 Å². The number of hydrogen-bond donors (Lipinski definition) is 0. The molecule has 0 spiro atoms. The number of allylic oxidation sites excluding steroid dienone is 1. The van der Waals surface area contributed by atoms with Crippen molar-refractivity contribution < 1.29 is 4.74 Å². The Bertz CT molecular complexity index is 164. The minimum absolute atomic E-state index is 0.00575. The van der Waals surface area contributed by atoms with Crippen molar-refractivity contribution in [2.45, 2.75) is 64.6 Å². The van der Waals surface area contributed by atoms with E-state index >= 15 is 0 Å². The summed E-state index contributed by atoms with van der Waals surface area (Å²) in [4.78, 5) is 0. The molecular formula is C12H22O. The minimum atomic E-state index is -0.00575. The molecular weight excluding hydrogens is 160 g/mol. The van der Waals surface area contributed by atoms with Crippen molar-refractivity contribution in [1.82, 2.24) is 0 Å². The maximum Gasteiger partial charge on any atom is 0.0762 e. The molecule has 0 aromatic carbocycles. The lowest BCUT2D eigenvalue weighted by Crippen LogP contribution is -2.26. The summed E-state index contributed by atoms with van der Waals surface area (Å²) in [6.07, 6.45) is 11.3. The Kier molecular flexibility index (Phi) is 3.98. The van der Waals surface area contributed by atoms with Crippen LogP contribution in [0.1, 0.15) is 52.9 Å². The lowest BCUT2D eigenvalue weighted by Gasteiger charge is -2.26. The van der Waals surface area contributed by atoms with E-state index in [1.807, 2.05) is 0 Å². The monoisotopic (exact) mass is 182 g/mol. The van der Waals surface area contributed by atoms with Crippen molar-refractivity contribution in [1.29, 1.82) is 0 Å². The first-order valence-electron chi connectivity index (χ1n) is 5.42. The van der Waals surface area contributed by atoms with Crippen LogP contribution in [0.4, 0.5) is 0 Å². The van der Waals surface area contributed by atoms with Gasteiger partial charge in [-0.2, -0.15) is 0 Å². The Morgan fingerprint density at radius 2 is 1.92 bits per heavy atom. The zero-order valence-corrected chi connectivity index (χ0v) is 9.18. The van der Waals surface area contributed by atoms with E-state index in [9.17, 15) is 0 Å². The van der Waals surface area contributed by atoms with E-state index in [1.54, 1.807) is 0 Å². The summed E-state index contributed by atoms with van der Waals surface area (Å²) in [5, 5.41) is 0. The Morgan fingerprint density at radius 3 is 2.62 bits per heavy atom. The van der Waals surface area contributed by atoms with Crippen LogP contribution in [-0.2, 0) is 4.74 Å². The second-order valence-corrected chi connectivity index (χ2v) is 4.83. The van der Waals surface area contributed by atoms with Gasteiger partial charge in [0.05, 0.1) is 11.7 Å². The van der Waals surface area contributed by atoms with Gasteiger partial charge in [0, 0.05) is 0 Å². The van der Waals surface area contributed by atoms with Crippen molar-refractivity contribution in [3.05, 3.63) is 12.2 Å². The molecule has 0 heterocycles. The fourth-order valence-electron chi connectivity index (χ4n) is 1.68. The van der Waals surface area contributed by atoms with Gasteiger partial charge in [0.1, 0.15) is 0 Å². The average Bonchev–Trinajstić information content (AvgIpc) is 1.92. The van der Waals surface area contributed by atoms with Gasteiger partial charge in [0.25, 0.3) is 0 Å². The van der Waals surface area contributed by atoms with Gasteiger partial charge in [-0.1, -0.05) is 25.0 Å². The van der Waals surface area contributed by atoms with Gasteiger partial charge >= 0.3 is 0 Å². The van der Waals surface area contributed by atoms with Gasteiger partial charge in [-0.3, -0.25) is 0 Å². The van der Waals surface area contributed by atoms with Crippen LogP contribution in [0.5, 0.6) is 0 Å². The summed E-state index contributed by atoms with van der Waals surface area (Å²) >= 11 is 0. The molecule has 1 nitrogen and oxygen atoms in total. The highest BCUT2D eigenvalue weighted by molar-refractivity contribution is 4.92. The molecule has 76 valence electrons. The molecule has 0 aliphatic heterocycles. The van der Waals surface area contributed by atoms with Gasteiger partial charge in [0.15, 0.2) is 0 Å². The predicted molar refractivity (Wildman–Crippen MR) is 56.9 cm³/mol. The third kappa shape index (κ3) is 5.09. The zero-order valence-electron chi connectivity index (χ0n) is 9.18. The molecule has 1 unspecified atom stereocenters. The van der Waals surface area contributed by atoms with Gasteiger partial charge in [-0.05, 0) is 40.0 Å². The van der Waals surface area contributed by atoms with E-state index < -0.39 is 0 Å². The molecule has 0 saturated heterocycles. The summed E-state index contributed by atoms with van der Waals surface area (Å²) in [7, 11) is 0. The predicted octanol–water partition coefficient (Wildman–Crippen LogP) is 3.69. The molecule has 0 N–H and O–H groups in total. The molecule has 0 bridgehead atoms. The van der Waals surface area contributed by atoms with Crippen molar-refractivity contribution in [2.24, 2.45) is 0 Å². The molecule has 0 amide bonds. The van der Waals surface area contributed by atoms with Crippen LogP contribution in [-0.4, -0.2) is 11.7 Å². The third-order valence-corrected chi connectivity index (χ3v) is 2.22. The van der Waals surface area contributed by atoms with Crippen LogP contribution in [0.15, 0.2) is 12.2 Å². The minimum Gasteiger partial charge on any atom is -0.369 e. The Balaban J connectivity index is 2.42. The summed E-state index contributed by atoms with van der Waals surface area (Å²) < 4.78 is 5.93. The van der Waals surface area contributed by atoms with Crippen molar-refractivity contribution >= 4 is 0 Å². The molecule has 1 aliphatic carbocycles. The first kappa shape index (κ1) is 10.8. The number of rotatable bonds is 1. The van der Waals surface area contributed by atoms with Crippen molar-refractivity contribution in [3.8, 4) is 0 Å². The average molecular weight is 182 g/mol. The molecule has 0 aromatic rings. The largest absolute Gasteiger partial charge is 0.369 e. The van der Waals surface area contributed by atoms with Gasteiger partial charge in [-0.15, -0.1) is 0 Å². The molecule has 0 radical (unpaired) electrons. The maximum atomic E-state index is 5.93. The van der Waals surface area contributed by atoms with E-state index in [0.717, 1.165) is 0 Å². The summed E-state index contributed by atoms with van der Waals surface area (Å²) in [5.74, 6) is 0. The fourth-order valence-corrected chi connectivity index (χ4v) is 1.68. The Labute approximate surface area is 82.2 Å². The highest BCUT2D eigenvalue weighted by atomic mass is 16.5. The fraction of sp³-hybridized carbons (Fsp3) is 0.833. The molecule has 0 fully saturated rings. The molecule has 1 atom stereocenters. The molecule has 1 heteroatoms. The van der Waals surface area contributed by atoms with Crippen LogP contribution >= 0.6 is 0 Å². The molecule has 13 heavy (non-hydrogen) atoms. The summed E-state index contributed by atoms with van der Waals surface area (Å²) in [6.45, 7) is 6.37. The second-order valence-electron chi connectivity index (χ2n) is 4.83. The van der Waals surface area contributed by atoms with Gasteiger partial charge in [0.2, 0.25) is 0 Å². The maximum absolute atomic E-state index is 5.93. The SMILES string of the molecule is CC(C)(C)OC1/C=C\CCCCC1. The standard InChI is InChI=1S/C12H22O/c1-12(2,3)13-11-9-7-5-4-6-8-10-11/h7,9,11H,4-6,8,10H2,1-3H3/b9-7-. The quantitative estimate of drug-likeness (QED) is 0.562. The second kappa shape index (κ2) is 4.80. The first-order chi connectivity index (χ1) is 6.08. The van der Waals surface area contributed by atoms with Gasteiger partial charge < -0.3 is 4.74 Å². The van der Waals surface area contributed by atoms with Crippen LogP contribution in [0.25, 0.3) is 0 Å². The van der Waals surface area contributed by atoms with Gasteiger partial charge in [-0.25, -0.2) is 0 Å². The molecule has 1 rings (SSSR count). The van der Waals surface area contributed by atoms with Crippen LogP contribution in [0.2, 0.25) is 0 Å². The van der Waals surface area contributed by atoms with Crippen LogP contribution in [0, 0.1) is 0 Å². The lowest BCUT2D eigenvalue weighted by atomic mass is 10.0. The number of ether oxygens (including phenoxy) is 1. The zero-order chi connectivity index (χ0) is 9.73. The normalized spacial score (nSPS) is 27.8. The lowest BCUT2D eigenvalue weighted by molar-refractivity contribution is -0.0421. The first-order valence-corrected chi connectivity index (χ1v) is 5.42. The smallest absolute Gasteiger partial charge is 0.0762 e. The molecule has 0 saturated carbocycles. The summed E-state index contributed by atoms with van der Waals surface area (Å²) in [6, 6.07) is 0. The Hall–Kier alpha value is -0.300. The molecule has 0 aromatic heterocycles. The molecule has 1 aliphatic rings. The van der Waals surface area contributed by atoms with E-state index in [4.69, 9.17) is 4.74 Å². The highest BCUT2D eigenvalue weighted by Gasteiger charge is 2.16. The van der Waals surface area contributed by atoms with E-state index in [-0.39, 0.29) is 5.60 Å². The van der Waals surface area contributed by atoms with Crippen molar-refractivity contribution in [3.63, 3.8) is 0 Å². The third-order valence-electron chi connectivity index (χ3n) is 2.22. The van der Waals surface area contributed by atoms with Crippen LogP contribution < -0.4 is 0 Å². The number of hydrogen-bond acceptors (Lipinski definition) is 1. The van der Waals surface area contributed by atoms with E-state index in [1.165, 1.54) is 32.1 Å². The highest BCUT2D eigenvalue weighted by Crippen LogP contribution is 2.19. The van der Waals surface area contributed by atoms with Crippen molar-refractivity contribution in [2.75, 3.05) is 0 Å². The van der Waals surface area contributed by atoms with E-state index in [0.29, 0.717) is 6.10 Å². The topological polar surface area (TPSA) is 9.23 Å². The summed E-state index contributed by atoms with van der Waals surface area (Å²) in [5.41, 5.74) is -0.00575. The Morgan fingerprint density at radius 1 is 1.15 bits per heavy atom. The van der Waals surface area contributed by atoms with Crippen LogP contribution in [0.3, 0.4) is 0 Å².